The van der Waals surface area contributed by atoms with Gasteiger partial charge in [-0.3, -0.25) is 14.6 Å². The van der Waals surface area contributed by atoms with Crippen LogP contribution in [0.5, 0.6) is 0 Å². The van der Waals surface area contributed by atoms with Crippen LogP contribution in [0, 0.1) is 12.8 Å². The van der Waals surface area contributed by atoms with Crippen LogP contribution in [0.4, 0.5) is 5.13 Å². The average molecular weight is 428 g/mol. The van der Waals surface area contributed by atoms with Gasteiger partial charge >= 0.3 is 5.97 Å². The fourth-order valence-electron chi connectivity index (χ4n) is 4.07. The summed E-state index contributed by atoms with van der Waals surface area (Å²) in [6.07, 6.45) is 3.92. The van der Waals surface area contributed by atoms with E-state index < -0.39 is 0 Å². The molecule has 1 aliphatic carbocycles. The van der Waals surface area contributed by atoms with E-state index in [2.05, 4.69) is 34.1 Å². The number of nitrogens with zero attached hydrogens (tertiary/aromatic N) is 3. The minimum absolute atomic E-state index is 0.0293. The number of carbonyl (C=O) groups excluding carboxylic acids is 2. The van der Waals surface area contributed by atoms with E-state index in [1.807, 2.05) is 17.9 Å². The van der Waals surface area contributed by atoms with Crippen molar-refractivity contribution in [1.29, 1.82) is 0 Å². The van der Waals surface area contributed by atoms with Gasteiger partial charge in [0.15, 0.2) is 5.13 Å². The van der Waals surface area contributed by atoms with Gasteiger partial charge in [-0.15, -0.1) is 0 Å². The molecule has 4 rings (SSSR count). The molecule has 2 aliphatic rings. The van der Waals surface area contributed by atoms with Crippen molar-refractivity contribution in [2.45, 2.75) is 52.1 Å². The highest BCUT2D eigenvalue weighted by atomic mass is 32.1. The molecule has 1 saturated carbocycles. The molecule has 0 N–H and O–H groups in total. The van der Waals surface area contributed by atoms with E-state index in [1.165, 1.54) is 16.9 Å². The van der Waals surface area contributed by atoms with E-state index in [0.717, 1.165) is 45.3 Å². The van der Waals surface area contributed by atoms with Gasteiger partial charge < -0.3 is 4.74 Å². The molecule has 1 amide bonds. The molecule has 2 heterocycles. The van der Waals surface area contributed by atoms with Gasteiger partial charge in [0, 0.05) is 19.1 Å². The molecule has 160 valence electrons. The van der Waals surface area contributed by atoms with E-state index in [4.69, 9.17) is 4.74 Å². The number of rotatable bonds is 7. The number of aromatic nitrogens is 1. The summed E-state index contributed by atoms with van der Waals surface area (Å²) < 4.78 is 5.15. The third-order valence-corrected chi connectivity index (χ3v) is 6.84. The summed E-state index contributed by atoms with van der Waals surface area (Å²) in [5.74, 6) is -0.230. The number of hydrogen-bond acceptors (Lipinski definition) is 6. The third-order valence-electron chi connectivity index (χ3n) is 5.71. The zero-order valence-electron chi connectivity index (χ0n) is 17.7. The van der Waals surface area contributed by atoms with Crippen LogP contribution in [0.25, 0.3) is 0 Å². The highest BCUT2D eigenvalue weighted by Gasteiger charge is 2.40. The molecule has 6 nitrogen and oxygen atoms in total. The maximum absolute atomic E-state index is 13.5. The van der Waals surface area contributed by atoms with Crippen LogP contribution >= 0.6 is 11.3 Å². The standard InChI is InChI=1S/C23H29N3O3S/c1-3-29-22(28)20-16(2)24-23(30-20)26(19-11-12-19)21(27)18-10-7-13-25(15-18)14-17-8-5-4-6-9-17/h4-6,8-9,18-19H,3,7,10-15H2,1-2H3. The Bertz CT molecular complexity index is 894. The highest BCUT2D eigenvalue weighted by Crippen LogP contribution is 2.37. The molecule has 1 aliphatic heterocycles. The van der Waals surface area contributed by atoms with Crippen molar-refractivity contribution in [2.24, 2.45) is 5.92 Å². The first-order valence-electron chi connectivity index (χ1n) is 10.8. The van der Waals surface area contributed by atoms with E-state index in [9.17, 15) is 9.59 Å². The average Bonchev–Trinajstić information content (AvgIpc) is 3.50. The normalized spacial score (nSPS) is 19.5. The lowest BCUT2D eigenvalue weighted by molar-refractivity contribution is -0.124. The molecule has 1 saturated heterocycles. The van der Waals surface area contributed by atoms with Crippen LogP contribution in [0.15, 0.2) is 30.3 Å². The van der Waals surface area contributed by atoms with Gasteiger partial charge in [0.2, 0.25) is 5.91 Å². The summed E-state index contributed by atoms with van der Waals surface area (Å²) in [7, 11) is 0. The Morgan fingerprint density at radius 3 is 2.70 bits per heavy atom. The Kier molecular flexibility index (Phi) is 6.49. The van der Waals surface area contributed by atoms with Gasteiger partial charge in [-0.05, 0) is 51.6 Å². The summed E-state index contributed by atoms with van der Waals surface area (Å²) in [6, 6.07) is 10.6. The van der Waals surface area contributed by atoms with E-state index in [-0.39, 0.29) is 23.8 Å². The van der Waals surface area contributed by atoms with Crippen LogP contribution in [0.2, 0.25) is 0 Å². The predicted octanol–water partition coefficient (Wildman–Crippen LogP) is 4.04. The summed E-state index contributed by atoms with van der Waals surface area (Å²) in [4.78, 5) is 35.1. The summed E-state index contributed by atoms with van der Waals surface area (Å²) in [5.41, 5.74) is 1.92. The number of carbonyl (C=O) groups is 2. The van der Waals surface area contributed by atoms with Crippen molar-refractivity contribution < 1.29 is 14.3 Å². The van der Waals surface area contributed by atoms with Crippen LogP contribution in [0.1, 0.15) is 53.5 Å². The number of thiazole rings is 1. The molecule has 2 fully saturated rings. The van der Waals surface area contributed by atoms with Gasteiger partial charge in [0.05, 0.1) is 18.2 Å². The first-order chi connectivity index (χ1) is 14.6. The molecule has 0 radical (unpaired) electrons. The molecule has 1 aromatic carbocycles. The van der Waals surface area contributed by atoms with Crippen molar-refractivity contribution in [3.63, 3.8) is 0 Å². The molecular formula is C23H29N3O3S. The van der Waals surface area contributed by atoms with Crippen molar-refractivity contribution >= 4 is 28.3 Å². The Morgan fingerprint density at radius 2 is 2.00 bits per heavy atom. The lowest BCUT2D eigenvalue weighted by atomic mass is 9.96. The minimum Gasteiger partial charge on any atom is -0.462 e. The van der Waals surface area contributed by atoms with E-state index in [1.54, 1.807) is 6.92 Å². The SMILES string of the molecule is CCOC(=O)c1sc(N(C(=O)C2CCCN(Cc3ccccc3)C2)C2CC2)nc1C. The van der Waals surface area contributed by atoms with Gasteiger partial charge in [-0.1, -0.05) is 41.7 Å². The molecule has 1 unspecified atom stereocenters. The topological polar surface area (TPSA) is 62.7 Å². The lowest BCUT2D eigenvalue weighted by Crippen LogP contribution is -2.45. The van der Waals surface area contributed by atoms with Crippen LogP contribution in [0.3, 0.4) is 0 Å². The minimum atomic E-state index is -0.353. The Morgan fingerprint density at radius 1 is 1.23 bits per heavy atom. The van der Waals surface area contributed by atoms with Gasteiger partial charge in [0.1, 0.15) is 4.88 Å². The van der Waals surface area contributed by atoms with Crippen molar-refractivity contribution in [3.05, 3.63) is 46.5 Å². The number of hydrogen-bond donors (Lipinski definition) is 0. The number of esters is 1. The quantitative estimate of drug-likeness (QED) is 0.624. The molecule has 1 aromatic heterocycles. The van der Waals surface area contributed by atoms with Crippen molar-refractivity contribution in [3.8, 4) is 0 Å². The largest absolute Gasteiger partial charge is 0.462 e. The predicted molar refractivity (Wildman–Crippen MR) is 118 cm³/mol. The molecule has 7 heteroatoms. The molecule has 0 spiro atoms. The Labute approximate surface area is 181 Å². The number of ether oxygens (including phenoxy) is 1. The second-order valence-electron chi connectivity index (χ2n) is 8.13. The number of anilines is 1. The smallest absolute Gasteiger partial charge is 0.350 e. The van der Waals surface area contributed by atoms with Gasteiger partial charge in [-0.25, -0.2) is 9.78 Å². The van der Waals surface area contributed by atoms with Crippen LogP contribution in [-0.4, -0.2) is 47.5 Å². The maximum atomic E-state index is 13.5. The zero-order valence-corrected chi connectivity index (χ0v) is 18.5. The van der Waals surface area contributed by atoms with Crippen molar-refractivity contribution in [2.75, 3.05) is 24.6 Å². The summed E-state index contributed by atoms with van der Waals surface area (Å²) in [6.45, 7) is 6.59. The molecular weight excluding hydrogens is 398 g/mol. The Balaban J connectivity index is 1.49. The lowest BCUT2D eigenvalue weighted by Gasteiger charge is -2.34. The molecule has 0 bridgehead atoms. The second kappa shape index (κ2) is 9.27. The van der Waals surface area contributed by atoms with Crippen molar-refractivity contribution in [1.82, 2.24) is 9.88 Å². The van der Waals surface area contributed by atoms with E-state index >= 15 is 0 Å². The first-order valence-corrected chi connectivity index (χ1v) is 11.6. The first kappa shape index (κ1) is 21.0. The molecule has 2 aromatic rings. The summed E-state index contributed by atoms with van der Waals surface area (Å²) >= 11 is 1.29. The van der Waals surface area contributed by atoms with Crippen LogP contribution < -0.4 is 4.90 Å². The third kappa shape index (κ3) is 4.73. The van der Waals surface area contributed by atoms with Gasteiger partial charge in [-0.2, -0.15) is 0 Å². The number of aryl methyl sites for hydroxylation is 1. The zero-order chi connectivity index (χ0) is 21.1. The number of benzene rings is 1. The summed E-state index contributed by atoms with van der Waals surface area (Å²) in [5, 5.41) is 0.642. The maximum Gasteiger partial charge on any atom is 0.350 e. The number of likely N-dealkylation sites (tertiary alicyclic amines) is 1. The fourth-order valence-corrected chi connectivity index (χ4v) is 5.11. The monoisotopic (exact) mass is 427 g/mol. The number of piperidine rings is 1. The Hall–Kier alpha value is -2.25. The number of amides is 1. The van der Waals surface area contributed by atoms with E-state index in [0.29, 0.717) is 22.3 Å². The van der Waals surface area contributed by atoms with Gasteiger partial charge in [0.25, 0.3) is 0 Å². The molecule has 1 atom stereocenters. The molecule has 30 heavy (non-hydrogen) atoms. The highest BCUT2D eigenvalue weighted by molar-refractivity contribution is 7.17. The van der Waals surface area contributed by atoms with Crippen LogP contribution in [-0.2, 0) is 16.1 Å². The fraction of sp³-hybridized carbons (Fsp3) is 0.522. The second-order valence-corrected chi connectivity index (χ2v) is 9.11.